The Hall–Kier alpha value is -1.39. The molecule has 0 amide bonds. The molecular formula is C19H30O3Si. The SMILES string of the molecule is C=C[Si](C)(C)c1ccc(C(=O)OOCCCCCCCC)cc1. The minimum atomic E-state index is -1.58. The molecule has 0 radical (unpaired) electrons. The van der Waals surface area contributed by atoms with Crippen LogP contribution >= 0.6 is 0 Å². The number of carbonyl (C=O) groups is 1. The molecule has 0 saturated carbocycles. The average molecular weight is 335 g/mol. The fraction of sp³-hybridized carbons (Fsp3) is 0.526. The Labute approximate surface area is 141 Å². The van der Waals surface area contributed by atoms with Crippen molar-refractivity contribution in [1.29, 1.82) is 0 Å². The van der Waals surface area contributed by atoms with Gasteiger partial charge in [-0.25, -0.2) is 4.79 Å². The molecule has 4 heteroatoms. The second-order valence-corrected chi connectivity index (χ2v) is 10.9. The van der Waals surface area contributed by atoms with Gasteiger partial charge in [-0.15, -0.1) is 6.58 Å². The van der Waals surface area contributed by atoms with E-state index in [9.17, 15) is 4.79 Å². The molecule has 128 valence electrons. The molecule has 0 bridgehead atoms. The number of rotatable bonds is 11. The van der Waals surface area contributed by atoms with E-state index in [1.165, 1.54) is 30.9 Å². The van der Waals surface area contributed by atoms with Gasteiger partial charge in [0.1, 0.15) is 8.07 Å². The summed E-state index contributed by atoms with van der Waals surface area (Å²) in [6.45, 7) is 11.0. The summed E-state index contributed by atoms with van der Waals surface area (Å²) < 4.78 is 0. The van der Waals surface area contributed by atoms with Crippen LogP contribution in [0.4, 0.5) is 0 Å². The fourth-order valence-electron chi connectivity index (χ4n) is 2.24. The van der Waals surface area contributed by atoms with E-state index in [1.54, 1.807) is 12.1 Å². The van der Waals surface area contributed by atoms with Gasteiger partial charge in [-0.1, -0.05) is 75.1 Å². The topological polar surface area (TPSA) is 35.5 Å². The van der Waals surface area contributed by atoms with E-state index >= 15 is 0 Å². The molecule has 0 fully saturated rings. The highest BCUT2D eigenvalue weighted by molar-refractivity contribution is 6.93. The normalized spacial score (nSPS) is 11.3. The summed E-state index contributed by atoms with van der Waals surface area (Å²) in [7, 11) is -1.58. The molecule has 0 aromatic heterocycles. The first-order valence-electron chi connectivity index (χ1n) is 8.59. The molecule has 0 N–H and O–H groups in total. The van der Waals surface area contributed by atoms with E-state index in [4.69, 9.17) is 9.78 Å². The van der Waals surface area contributed by atoms with E-state index < -0.39 is 14.0 Å². The van der Waals surface area contributed by atoms with Crippen molar-refractivity contribution in [3.05, 3.63) is 42.1 Å². The largest absolute Gasteiger partial charge is 0.373 e. The van der Waals surface area contributed by atoms with Crippen LogP contribution in [-0.4, -0.2) is 20.7 Å². The third-order valence-corrected chi connectivity index (χ3v) is 6.93. The van der Waals surface area contributed by atoms with Crippen LogP contribution in [0.3, 0.4) is 0 Å². The molecule has 0 spiro atoms. The average Bonchev–Trinajstić information content (AvgIpc) is 2.57. The lowest BCUT2D eigenvalue weighted by molar-refractivity contribution is -0.241. The van der Waals surface area contributed by atoms with Crippen molar-refractivity contribution < 1.29 is 14.6 Å². The summed E-state index contributed by atoms with van der Waals surface area (Å²) >= 11 is 0. The standard InChI is InChI=1S/C19H30O3Si/c1-5-7-8-9-10-11-16-21-22-19(20)17-12-14-18(15-13-17)23(3,4)6-2/h6,12-15H,2,5,7-11,16H2,1,3-4H3. The summed E-state index contributed by atoms with van der Waals surface area (Å²) in [5.41, 5.74) is 2.55. The Kier molecular flexibility index (Phi) is 8.88. The van der Waals surface area contributed by atoms with Crippen LogP contribution in [0.5, 0.6) is 0 Å². The molecule has 0 aliphatic rings. The number of hydrogen-bond donors (Lipinski definition) is 0. The minimum Gasteiger partial charge on any atom is -0.293 e. The lowest BCUT2D eigenvalue weighted by Crippen LogP contribution is -2.39. The van der Waals surface area contributed by atoms with Crippen LogP contribution in [-0.2, 0) is 9.78 Å². The van der Waals surface area contributed by atoms with E-state index in [-0.39, 0.29) is 0 Å². The lowest BCUT2D eigenvalue weighted by Gasteiger charge is -2.17. The van der Waals surface area contributed by atoms with Gasteiger partial charge in [-0.3, -0.25) is 4.89 Å². The molecular weight excluding hydrogens is 304 g/mol. The van der Waals surface area contributed by atoms with E-state index in [2.05, 4.69) is 26.6 Å². The second kappa shape index (κ2) is 10.4. The van der Waals surface area contributed by atoms with E-state index in [0.717, 1.165) is 12.8 Å². The van der Waals surface area contributed by atoms with Gasteiger partial charge < -0.3 is 0 Å². The molecule has 1 aromatic rings. The first-order chi connectivity index (χ1) is 11.0. The second-order valence-electron chi connectivity index (χ2n) is 6.46. The highest BCUT2D eigenvalue weighted by Crippen LogP contribution is 2.08. The maximum atomic E-state index is 11.9. The third-order valence-electron chi connectivity index (χ3n) is 4.09. The van der Waals surface area contributed by atoms with Crippen LogP contribution in [0.1, 0.15) is 55.8 Å². The van der Waals surface area contributed by atoms with Crippen molar-refractivity contribution in [3.63, 3.8) is 0 Å². The molecule has 0 atom stereocenters. The van der Waals surface area contributed by atoms with Crippen molar-refractivity contribution in [2.24, 2.45) is 0 Å². The van der Waals surface area contributed by atoms with Crippen molar-refractivity contribution >= 4 is 19.2 Å². The maximum absolute atomic E-state index is 11.9. The van der Waals surface area contributed by atoms with Crippen molar-refractivity contribution in [3.8, 4) is 0 Å². The van der Waals surface area contributed by atoms with Crippen LogP contribution in [0, 0.1) is 0 Å². The molecule has 0 aliphatic heterocycles. The van der Waals surface area contributed by atoms with Gasteiger partial charge in [0.05, 0.1) is 12.2 Å². The Morgan fingerprint density at radius 1 is 1.09 bits per heavy atom. The predicted molar refractivity (Wildman–Crippen MR) is 98.5 cm³/mol. The van der Waals surface area contributed by atoms with Crippen molar-refractivity contribution in [1.82, 2.24) is 0 Å². The fourth-order valence-corrected chi connectivity index (χ4v) is 3.50. The Morgan fingerprint density at radius 2 is 1.70 bits per heavy atom. The van der Waals surface area contributed by atoms with Crippen LogP contribution in [0.2, 0.25) is 13.1 Å². The molecule has 23 heavy (non-hydrogen) atoms. The Balaban J connectivity index is 2.29. The van der Waals surface area contributed by atoms with Crippen molar-refractivity contribution in [2.75, 3.05) is 6.61 Å². The summed E-state index contributed by atoms with van der Waals surface area (Å²) in [6, 6.07) is 7.56. The van der Waals surface area contributed by atoms with E-state index in [0.29, 0.717) is 12.2 Å². The smallest absolute Gasteiger partial charge is 0.293 e. The zero-order valence-corrected chi connectivity index (χ0v) is 15.8. The number of carbonyl (C=O) groups excluding carboxylic acids is 1. The monoisotopic (exact) mass is 334 g/mol. The zero-order valence-electron chi connectivity index (χ0n) is 14.8. The van der Waals surface area contributed by atoms with Gasteiger partial charge in [0.25, 0.3) is 0 Å². The Bertz CT molecular complexity index is 480. The summed E-state index contributed by atoms with van der Waals surface area (Å²) in [6.07, 6.45) is 7.07. The highest BCUT2D eigenvalue weighted by atomic mass is 28.3. The molecule has 1 aromatic carbocycles. The summed E-state index contributed by atoms with van der Waals surface area (Å²) in [5.74, 6) is -0.430. The van der Waals surface area contributed by atoms with Gasteiger partial charge in [-0.05, 0) is 18.6 Å². The maximum Gasteiger partial charge on any atom is 0.373 e. The van der Waals surface area contributed by atoms with Gasteiger partial charge in [0, 0.05) is 0 Å². The molecule has 0 unspecified atom stereocenters. The van der Waals surface area contributed by atoms with Crippen LogP contribution < -0.4 is 5.19 Å². The predicted octanol–water partition coefficient (Wildman–Crippen LogP) is 4.78. The third kappa shape index (κ3) is 7.14. The summed E-state index contributed by atoms with van der Waals surface area (Å²) in [4.78, 5) is 21.8. The lowest BCUT2D eigenvalue weighted by atomic mass is 10.1. The van der Waals surface area contributed by atoms with Gasteiger partial charge >= 0.3 is 5.97 Å². The van der Waals surface area contributed by atoms with Gasteiger partial charge in [0.2, 0.25) is 0 Å². The first kappa shape index (κ1) is 19.7. The molecule has 0 saturated heterocycles. The molecule has 0 heterocycles. The number of benzene rings is 1. The highest BCUT2D eigenvalue weighted by Gasteiger charge is 2.19. The molecule has 3 nitrogen and oxygen atoms in total. The number of hydrogen-bond acceptors (Lipinski definition) is 3. The van der Waals surface area contributed by atoms with Crippen LogP contribution in [0.25, 0.3) is 0 Å². The van der Waals surface area contributed by atoms with Crippen LogP contribution in [0.15, 0.2) is 36.5 Å². The van der Waals surface area contributed by atoms with Crippen molar-refractivity contribution in [2.45, 2.75) is 58.5 Å². The minimum absolute atomic E-state index is 0.430. The Morgan fingerprint density at radius 3 is 2.30 bits per heavy atom. The zero-order chi connectivity index (χ0) is 17.1. The van der Waals surface area contributed by atoms with Gasteiger partial charge in [0.15, 0.2) is 0 Å². The molecule has 1 rings (SSSR count). The van der Waals surface area contributed by atoms with Gasteiger partial charge in [-0.2, -0.15) is 4.89 Å². The quantitative estimate of drug-likeness (QED) is 0.253. The molecule has 0 aliphatic carbocycles. The number of unbranched alkanes of at least 4 members (excludes halogenated alkanes) is 5. The first-order valence-corrected chi connectivity index (χ1v) is 11.7. The van der Waals surface area contributed by atoms with E-state index in [1.807, 2.05) is 17.8 Å². The summed E-state index contributed by atoms with van der Waals surface area (Å²) in [5, 5.41) is 1.25.